The maximum atomic E-state index is 12.2. The van der Waals surface area contributed by atoms with Crippen LogP contribution in [0, 0.1) is 0 Å². The Morgan fingerprint density at radius 3 is 2.91 bits per heavy atom. The molecule has 0 aliphatic rings. The summed E-state index contributed by atoms with van der Waals surface area (Å²) in [6.45, 7) is 3.74. The van der Waals surface area contributed by atoms with E-state index in [4.69, 9.17) is 0 Å². The number of benzene rings is 1. The molecular weight excluding hydrogens is 280 g/mol. The maximum absolute atomic E-state index is 12.2. The van der Waals surface area contributed by atoms with Crippen molar-refractivity contribution in [3.63, 3.8) is 0 Å². The number of pyridine rings is 1. The largest absolute Gasteiger partial charge is 0.350 e. The van der Waals surface area contributed by atoms with Crippen LogP contribution in [0.5, 0.6) is 0 Å². The Morgan fingerprint density at radius 2 is 2.14 bits per heavy atom. The van der Waals surface area contributed by atoms with Crippen LogP contribution in [0.3, 0.4) is 0 Å². The summed E-state index contributed by atoms with van der Waals surface area (Å²) >= 11 is 0. The highest BCUT2D eigenvalue weighted by Crippen LogP contribution is 2.11. The number of hydrogen-bond acceptors (Lipinski definition) is 3. The molecule has 3 rings (SSSR count). The molecule has 0 aliphatic heterocycles. The van der Waals surface area contributed by atoms with Crippen molar-refractivity contribution in [3.05, 3.63) is 77.4 Å². The average molecular weight is 294 g/mol. The summed E-state index contributed by atoms with van der Waals surface area (Å²) in [5, 5.41) is 6.97. The standard InChI is InChI=1S/C16H14N4O2/c1-2-15(21)17-13-7-5-6-12(10-13)11-20-16(22)19-9-4-3-8-14(19)18-20/h2-10H,1,11H2,(H,17,21). The van der Waals surface area contributed by atoms with Gasteiger partial charge in [-0.25, -0.2) is 9.48 Å². The second-order valence-corrected chi connectivity index (χ2v) is 4.76. The number of fused-ring (bicyclic) bond motifs is 1. The van der Waals surface area contributed by atoms with E-state index < -0.39 is 0 Å². The highest BCUT2D eigenvalue weighted by atomic mass is 16.2. The molecule has 0 fully saturated rings. The molecule has 0 spiro atoms. The lowest BCUT2D eigenvalue weighted by molar-refractivity contribution is -0.111. The van der Waals surface area contributed by atoms with Crippen molar-refractivity contribution in [1.82, 2.24) is 14.2 Å². The normalized spacial score (nSPS) is 10.5. The van der Waals surface area contributed by atoms with Crippen LogP contribution in [0.25, 0.3) is 5.65 Å². The van der Waals surface area contributed by atoms with Crippen molar-refractivity contribution in [1.29, 1.82) is 0 Å². The fourth-order valence-corrected chi connectivity index (χ4v) is 2.18. The van der Waals surface area contributed by atoms with E-state index in [-0.39, 0.29) is 11.6 Å². The molecule has 22 heavy (non-hydrogen) atoms. The second-order valence-electron chi connectivity index (χ2n) is 4.76. The molecular formula is C16H14N4O2. The van der Waals surface area contributed by atoms with Gasteiger partial charge in [-0.1, -0.05) is 24.8 Å². The highest BCUT2D eigenvalue weighted by Gasteiger charge is 2.07. The van der Waals surface area contributed by atoms with Gasteiger partial charge in [0.25, 0.3) is 0 Å². The number of carbonyl (C=O) groups is 1. The summed E-state index contributed by atoms with van der Waals surface area (Å²) in [6.07, 6.45) is 2.89. The molecule has 2 heterocycles. The van der Waals surface area contributed by atoms with E-state index in [1.807, 2.05) is 18.2 Å². The van der Waals surface area contributed by atoms with Crippen molar-refractivity contribution < 1.29 is 4.79 Å². The number of carbonyl (C=O) groups excluding carboxylic acids is 1. The third-order valence-electron chi connectivity index (χ3n) is 3.20. The summed E-state index contributed by atoms with van der Waals surface area (Å²) in [6, 6.07) is 12.7. The molecule has 1 aromatic carbocycles. The molecule has 6 nitrogen and oxygen atoms in total. The van der Waals surface area contributed by atoms with E-state index in [1.165, 1.54) is 15.2 Å². The van der Waals surface area contributed by atoms with Crippen LogP contribution in [0.2, 0.25) is 0 Å². The molecule has 1 amide bonds. The third kappa shape index (κ3) is 2.67. The first kappa shape index (κ1) is 13.8. The van der Waals surface area contributed by atoms with E-state index >= 15 is 0 Å². The van der Waals surface area contributed by atoms with E-state index in [0.29, 0.717) is 17.9 Å². The predicted octanol–water partition coefficient (Wildman–Crippen LogP) is 1.67. The number of nitrogens with zero attached hydrogens (tertiary/aromatic N) is 3. The first-order chi connectivity index (χ1) is 10.7. The number of rotatable bonds is 4. The van der Waals surface area contributed by atoms with E-state index in [2.05, 4.69) is 17.0 Å². The van der Waals surface area contributed by atoms with Crippen LogP contribution in [-0.2, 0) is 11.3 Å². The molecule has 1 N–H and O–H groups in total. The van der Waals surface area contributed by atoms with E-state index in [1.54, 1.807) is 30.5 Å². The number of hydrogen-bond donors (Lipinski definition) is 1. The smallest absolute Gasteiger partial charge is 0.323 e. The zero-order valence-corrected chi connectivity index (χ0v) is 11.8. The minimum absolute atomic E-state index is 0.198. The molecule has 0 saturated carbocycles. The van der Waals surface area contributed by atoms with Gasteiger partial charge in [0.05, 0.1) is 6.54 Å². The van der Waals surface area contributed by atoms with Gasteiger partial charge in [0.1, 0.15) is 0 Å². The van der Waals surface area contributed by atoms with Crippen LogP contribution in [0.15, 0.2) is 66.1 Å². The van der Waals surface area contributed by atoms with E-state index in [9.17, 15) is 9.59 Å². The van der Waals surface area contributed by atoms with Crippen molar-refractivity contribution in [2.24, 2.45) is 0 Å². The molecule has 2 aromatic heterocycles. The van der Waals surface area contributed by atoms with Crippen LogP contribution < -0.4 is 11.0 Å². The van der Waals surface area contributed by atoms with E-state index in [0.717, 1.165) is 5.56 Å². The summed E-state index contributed by atoms with van der Waals surface area (Å²) in [5.74, 6) is -0.276. The van der Waals surface area contributed by atoms with Gasteiger partial charge >= 0.3 is 5.69 Å². The molecule has 0 saturated heterocycles. The Balaban J connectivity index is 1.90. The Bertz CT molecular complexity index is 908. The van der Waals surface area contributed by atoms with Gasteiger partial charge in [0.15, 0.2) is 5.65 Å². The fraction of sp³-hybridized carbons (Fsp3) is 0.0625. The van der Waals surface area contributed by atoms with Crippen molar-refractivity contribution >= 4 is 17.2 Å². The quantitative estimate of drug-likeness (QED) is 0.744. The molecule has 0 aliphatic carbocycles. The lowest BCUT2D eigenvalue weighted by Gasteiger charge is -2.05. The Hall–Kier alpha value is -3.15. The van der Waals surface area contributed by atoms with Crippen molar-refractivity contribution in [2.75, 3.05) is 5.32 Å². The van der Waals surface area contributed by atoms with Gasteiger partial charge in [-0.2, -0.15) is 0 Å². The molecule has 110 valence electrons. The summed E-state index contributed by atoms with van der Waals surface area (Å²) in [4.78, 5) is 23.5. The summed E-state index contributed by atoms with van der Waals surface area (Å²) in [7, 11) is 0. The Labute approximate surface area is 126 Å². The zero-order chi connectivity index (χ0) is 15.5. The predicted molar refractivity (Wildman–Crippen MR) is 83.8 cm³/mol. The van der Waals surface area contributed by atoms with Crippen LogP contribution in [0.1, 0.15) is 5.56 Å². The van der Waals surface area contributed by atoms with Gasteiger partial charge in [0.2, 0.25) is 5.91 Å². The molecule has 3 aromatic rings. The second kappa shape index (κ2) is 5.69. The van der Waals surface area contributed by atoms with Gasteiger partial charge in [-0.15, -0.1) is 5.10 Å². The lowest BCUT2D eigenvalue weighted by Crippen LogP contribution is -2.21. The molecule has 0 atom stereocenters. The average Bonchev–Trinajstić information content (AvgIpc) is 2.84. The number of anilines is 1. The summed E-state index contributed by atoms with van der Waals surface area (Å²) in [5.41, 5.74) is 1.92. The first-order valence-corrected chi connectivity index (χ1v) is 6.74. The van der Waals surface area contributed by atoms with Gasteiger partial charge in [-0.05, 0) is 35.9 Å². The first-order valence-electron chi connectivity index (χ1n) is 6.74. The number of aromatic nitrogens is 3. The van der Waals surface area contributed by atoms with Crippen LogP contribution in [0.4, 0.5) is 5.69 Å². The zero-order valence-electron chi connectivity index (χ0n) is 11.8. The molecule has 6 heteroatoms. The summed E-state index contributed by atoms with van der Waals surface area (Å²) < 4.78 is 2.88. The van der Waals surface area contributed by atoms with Crippen LogP contribution >= 0.6 is 0 Å². The molecule has 0 unspecified atom stereocenters. The Kier molecular flexibility index (Phi) is 3.57. The fourth-order valence-electron chi connectivity index (χ4n) is 2.18. The lowest BCUT2D eigenvalue weighted by atomic mass is 10.2. The van der Waals surface area contributed by atoms with Gasteiger partial charge < -0.3 is 5.32 Å². The van der Waals surface area contributed by atoms with Crippen LogP contribution in [-0.4, -0.2) is 20.1 Å². The minimum Gasteiger partial charge on any atom is -0.323 e. The minimum atomic E-state index is -0.276. The monoisotopic (exact) mass is 294 g/mol. The molecule has 0 bridgehead atoms. The topological polar surface area (TPSA) is 68.4 Å². The highest BCUT2D eigenvalue weighted by molar-refractivity contribution is 5.98. The number of nitrogens with one attached hydrogen (secondary N) is 1. The van der Waals surface area contributed by atoms with Crippen molar-refractivity contribution in [2.45, 2.75) is 6.54 Å². The number of amides is 1. The third-order valence-corrected chi connectivity index (χ3v) is 3.20. The maximum Gasteiger partial charge on any atom is 0.350 e. The van der Waals surface area contributed by atoms with Gasteiger partial charge in [0, 0.05) is 11.9 Å². The SMILES string of the molecule is C=CC(=O)Nc1cccc(Cn2nc3ccccn3c2=O)c1. The van der Waals surface area contributed by atoms with Gasteiger partial charge in [-0.3, -0.25) is 9.20 Å². The van der Waals surface area contributed by atoms with Crippen molar-refractivity contribution in [3.8, 4) is 0 Å². The Morgan fingerprint density at radius 1 is 1.27 bits per heavy atom. The molecule has 0 radical (unpaired) electrons.